The summed E-state index contributed by atoms with van der Waals surface area (Å²) in [6.07, 6.45) is -2.85. The Morgan fingerprint density at radius 1 is 1.41 bits per heavy atom. The number of nitriles is 1. The molecule has 1 aromatic rings. The number of amides is 1. The quantitative estimate of drug-likeness (QED) is 0.909. The maximum Gasteiger partial charge on any atom is 0.419 e. The molecule has 2 rings (SSSR count). The van der Waals surface area contributed by atoms with E-state index in [0.717, 1.165) is 25.0 Å². The second kappa shape index (κ2) is 5.87. The van der Waals surface area contributed by atoms with E-state index in [-0.39, 0.29) is 5.92 Å². The lowest BCUT2D eigenvalue weighted by atomic mass is 9.98. The Kier molecular flexibility index (Phi) is 4.31. The van der Waals surface area contributed by atoms with Gasteiger partial charge in [0.15, 0.2) is 6.61 Å². The van der Waals surface area contributed by atoms with Gasteiger partial charge in [-0.05, 0) is 37.8 Å². The molecule has 1 aromatic carbocycles. The molecule has 22 heavy (non-hydrogen) atoms. The smallest absolute Gasteiger partial charge is 0.419 e. The standard InChI is InChI=1S/C15H15F3N2O2/c1-14(9-19,10-6-7-10)20-13(21)8-22-12-5-3-2-4-11(12)15(16,17)18/h2-5,10H,6-8H2,1H3,(H,20,21)/t14-/m0/s1. The molecule has 118 valence electrons. The molecular weight excluding hydrogens is 297 g/mol. The Morgan fingerprint density at radius 2 is 2.05 bits per heavy atom. The van der Waals surface area contributed by atoms with Gasteiger partial charge in [0, 0.05) is 0 Å². The second-order valence-corrected chi connectivity index (χ2v) is 5.42. The first-order chi connectivity index (χ1) is 10.3. The Morgan fingerprint density at radius 3 is 2.59 bits per heavy atom. The molecule has 0 heterocycles. The minimum atomic E-state index is -4.55. The zero-order valence-electron chi connectivity index (χ0n) is 11.9. The molecule has 0 unspecified atom stereocenters. The topological polar surface area (TPSA) is 62.1 Å². The number of halogens is 3. The third-order valence-corrected chi connectivity index (χ3v) is 3.58. The summed E-state index contributed by atoms with van der Waals surface area (Å²) in [6, 6.07) is 6.72. The minimum absolute atomic E-state index is 0.0870. The Labute approximate surface area is 125 Å². The van der Waals surface area contributed by atoms with E-state index in [0.29, 0.717) is 0 Å². The SMILES string of the molecule is C[C@@](C#N)(NC(=O)COc1ccccc1C(F)(F)F)C1CC1. The van der Waals surface area contributed by atoms with Crippen LogP contribution < -0.4 is 10.1 Å². The highest BCUT2D eigenvalue weighted by atomic mass is 19.4. The number of carbonyl (C=O) groups excluding carboxylic acids is 1. The number of ether oxygens (including phenoxy) is 1. The highest BCUT2D eigenvalue weighted by molar-refractivity contribution is 5.79. The molecular formula is C15H15F3N2O2. The molecule has 1 amide bonds. The van der Waals surface area contributed by atoms with Crippen LogP contribution in [0, 0.1) is 17.2 Å². The fraction of sp³-hybridized carbons (Fsp3) is 0.467. The molecule has 0 bridgehead atoms. The largest absolute Gasteiger partial charge is 0.483 e. The van der Waals surface area contributed by atoms with E-state index in [1.165, 1.54) is 12.1 Å². The summed E-state index contributed by atoms with van der Waals surface area (Å²) in [5.74, 6) is -0.938. The van der Waals surface area contributed by atoms with E-state index < -0.39 is 35.5 Å². The van der Waals surface area contributed by atoms with E-state index in [9.17, 15) is 18.0 Å². The molecule has 0 radical (unpaired) electrons. The molecule has 1 aliphatic rings. The van der Waals surface area contributed by atoms with Crippen molar-refractivity contribution in [2.45, 2.75) is 31.5 Å². The fourth-order valence-electron chi connectivity index (χ4n) is 2.18. The molecule has 1 atom stereocenters. The van der Waals surface area contributed by atoms with E-state index in [1.54, 1.807) is 6.92 Å². The lowest BCUT2D eigenvalue weighted by Gasteiger charge is -2.23. The molecule has 1 fully saturated rings. The summed E-state index contributed by atoms with van der Waals surface area (Å²) >= 11 is 0. The van der Waals surface area contributed by atoms with E-state index in [1.807, 2.05) is 6.07 Å². The van der Waals surface area contributed by atoms with Crippen LogP contribution >= 0.6 is 0 Å². The van der Waals surface area contributed by atoms with Crippen LogP contribution in [0.4, 0.5) is 13.2 Å². The number of benzene rings is 1. The van der Waals surface area contributed by atoms with Crippen LogP contribution in [-0.4, -0.2) is 18.1 Å². The fourth-order valence-corrected chi connectivity index (χ4v) is 2.18. The molecule has 1 saturated carbocycles. The van der Waals surface area contributed by atoms with Crippen LogP contribution in [-0.2, 0) is 11.0 Å². The molecule has 0 saturated heterocycles. The van der Waals surface area contributed by atoms with Crippen molar-refractivity contribution in [3.63, 3.8) is 0 Å². The molecule has 4 nitrogen and oxygen atoms in total. The molecule has 7 heteroatoms. The number of nitrogens with zero attached hydrogens (tertiary/aromatic N) is 1. The van der Waals surface area contributed by atoms with Gasteiger partial charge in [-0.15, -0.1) is 0 Å². The number of hydrogen-bond donors (Lipinski definition) is 1. The van der Waals surface area contributed by atoms with Gasteiger partial charge in [-0.1, -0.05) is 12.1 Å². The van der Waals surface area contributed by atoms with Crippen molar-refractivity contribution < 1.29 is 22.7 Å². The Hall–Kier alpha value is -2.23. The maximum atomic E-state index is 12.8. The molecule has 1 N–H and O–H groups in total. The summed E-state index contributed by atoms with van der Waals surface area (Å²) in [6.45, 7) is 1.03. The first-order valence-corrected chi connectivity index (χ1v) is 6.77. The number of carbonyl (C=O) groups is 1. The Bertz CT molecular complexity index is 606. The van der Waals surface area contributed by atoms with Crippen molar-refractivity contribution in [3.05, 3.63) is 29.8 Å². The summed E-state index contributed by atoms with van der Waals surface area (Å²) in [5, 5.41) is 11.7. The zero-order valence-corrected chi connectivity index (χ0v) is 11.9. The third-order valence-electron chi connectivity index (χ3n) is 3.58. The van der Waals surface area contributed by atoms with Crippen LogP contribution in [0.3, 0.4) is 0 Å². The van der Waals surface area contributed by atoms with E-state index in [4.69, 9.17) is 10.00 Å². The van der Waals surface area contributed by atoms with Gasteiger partial charge in [0.2, 0.25) is 0 Å². The lowest BCUT2D eigenvalue weighted by Crippen LogP contribution is -2.48. The van der Waals surface area contributed by atoms with Gasteiger partial charge in [0.25, 0.3) is 5.91 Å². The van der Waals surface area contributed by atoms with Gasteiger partial charge in [0.05, 0.1) is 11.6 Å². The first kappa shape index (κ1) is 16.1. The molecule has 0 aliphatic heterocycles. The van der Waals surface area contributed by atoms with Gasteiger partial charge in [-0.3, -0.25) is 4.79 Å². The highest BCUT2D eigenvalue weighted by Gasteiger charge is 2.43. The Balaban J connectivity index is 1.99. The summed E-state index contributed by atoms with van der Waals surface area (Å²) in [5.41, 5.74) is -1.93. The van der Waals surface area contributed by atoms with Crippen LogP contribution in [0.5, 0.6) is 5.75 Å². The number of para-hydroxylation sites is 1. The van der Waals surface area contributed by atoms with Crippen LogP contribution in [0.2, 0.25) is 0 Å². The van der Waals surface area contributed by atoms with Gasteiger partial charge in [-0.25, -0.2) is 0 Å². The summed E-state index contributed by atoms with van der Waals surface area (Å²) < 4.78 is 43.3. The van der Waals surface area contributed by atoms with Crippen LogP contribution in [0.25, 0.3) is 0 Å². The number of alkyl halides is 3. The molecule has 0 aromatic heterocycles. The number of hydrogen-bond acceptors (Lipinski definition) is 3. The summed E-state index contributed by atoms with van der Waals surface area (Å²) in [7, 11) is 0. The van der Waals surface area contributed by atoms with Crippen molar-refractivity contribution in [3.8, 4) is 11.8 Å². The van der Waals surface area contributed by atoms with Gasteiger partial charge < -0.3 is 10.1 Å². The maximum absolute atomic E-state index is 12.8. The minimum Gasteiger partial charge on any atom is -0.483 e. The van der Waals surface area contributed by atoms with Gasteiger partial charge >= 0.3 is 6.18 Å². The summed E-state index contributed by atoms with van der Waals surface area (Å²) in [4.78, 5) is 11.8. The third kappa shape index (κ3) is 3.70. The van der Waals surface area contributed by atoms with Crippen molar-refractivity contribution in [2.24, 2.45) is 5.92 Å². The van der Waals surface area contributed by atoms with Gasteiger partial charge in [0.1, 0.15) is 11.3 Å². The zero-order chi connectivity index (χ0) is 16.4. The first-order valence-electron chi connectivity index (χ1n) is 6.77. The average Bonchev–Trinajstić information content (AvgIpc) is 3.29. The number of rotatable bonds is 5. The highest BCUT2D eigenvalue weighted by Crippen LogP contribution is 2.39. The van der Waals surface area contributed by atoms with Crippen molar-refractivity contribution >= 4 is 5.91 Å². The normalized spacial score (nSPS) is 17.2. The van der Waals surface area contributed by atoms with E-state index >= 15 is 0 Å². The molecule has 0 spiro atoms. The van der Waals surface area contributed by atoms with Crippen LogP contribution in [0.15, 0.2) is 24.3 Å². The second-order valence-electron chi connectivity index (χ2n) is 5.42. The average molecular weight is 312 g/mol. The lowest BCUT2D eigenvalue weighted by molar-refractivity contribution is -0.139. The predicted octanol–water partition coefficient (Wildman–Crippen LogP) is 2.89. The monoisotopic (exact) mass is 312 g/mol. The van der Waals surface area contributed by atoms with Crippen molar-refractivity contribution in [1.82, 2.24) is 5.32 Å². The molecule has 1 aliphatic carbocycles. The van der Waals surface area contributed by atoms with Crippen molar-refractivity contribution in [1.29, 1.82) is 5.26 Å². The van der Waals surface area contributed by atoms with Crippen LogP contribution in [0.1, 0.15) is 25.3 Å². The van der Waals surface area contributed by atoms with E-state index in [2.05, 4.69) is 5.32 Å². The number of nitrogens with one attached hydrogen (secondary N) is 1. The predicted molar refractivity (Wildman–Crippen MR) is 71.8 cm³/mol. The van der Waals surface area contributed by atoms with Gasteiger partial charge in [-0.2, -0.15) is 18.4 Å². The van der Waals surface area contributed by atoms with Crippen molar-refractivity contribution in [2.75, 3.05) is 6.61 Å².